The molecule has 0 fully saturated rings. The van der Waals surface area contributed by atoms with Crippen LogP contribution in [0.15, 0.2) is 12.2 Å². The number of ether oxygens (including phenoxy) is 2. The highest BCUT2D eigenvalue weighted by Gasteiger charge is 2.07. The topological polar surface area (TPSA) is 52.6 Å². The Labute approximate surface area is 83.9 Å². The lowest BCUT2D eigenvalue weighted by atomic mass is 10.2. The van der Waals surface area contributed by atoms with Crippen LogP contribution in [0.3, 0.4) is 0 Å². The third-order valence-corrected chi connectivity index (χ3v) is 1.54. The first-order chi connectivity index (χ1) is 6.60. The largest absolute Gasteiger partial charge is 0.466 e. The summed E-state index contributed by atoms with van der Waals surface area (Å²) in [6.07, 6.45) is 4.05. The molecule has 0 radical (unpaired) electrons. The third-order valence-electron chi connectivity index (χ3n) is 1.54. The summed E-state index contributed by atoms with van der Waals surface area (Å²) in [7, 11) is 1.30. The van der Waals surface area contributed by atoms with Crippen molar-refractivity contribution in [3.63, 3.8) is 0 Å². The highest BCUT2D eigenvalue weighted by molar-refractivity contribution is 5.81. The molecule has 0 aromatic carbocycles. The van der Waals surface area contributed by atoms with Gasteiger partial charge in [0.2, 0.25) is 0 Å². The lowest BCUT2D eigenvalue weighted by Crippen LogP contribution is -2.13. The Hall–Kier alpha value is -1.32. The molecular weight excluding hydrogens is 184 g/mol. The number of hydrogen-bond acceptors (Lipinski definition) is 4. The molecule has 0 saturated carbocycles. The first-order valence-electron chi connectivity index (χ1n) is 4.53. The number of esters is 2. The average molecular weight is 200 g/mol. The first kappa shape index (κ1) is 12.7. The van der Waals surface area contributed by atoms with E-state index in [1.54, 1.807) is 0 Å². The first-order valence-corrected chi connectivity index (χ1v) is 4.53. The van der Waals surface area contributed by atoms with E-state index >= 15 is 0 Å². The zero-order valence-electron chi connectivity index (χ0n) is 8.78. The van der Waals surface area contributed by atoms with Gasteiger partial charge in [0, 0.05) is 13.0 Å². The molecule has 0 aromatic heterocycles. The molecule has 0 aliphatic heterocycles. The second kappa shape index (κ2) is 7.12. The molecule has 0 N–H and O–H groups in total. The van der Waals surface area contributed by atoms with E-state index in [2.05, 4.69) is 4.74 Å². The molecule has 4 nitrogen and oxygen atoms in total. The van der Waals surface area contributed by atoms with E-state index in [-0.39, 0.29) is 12.1 Å². The van der Waals surface area contributed by atoms with Crippen molar-refractivity contribution in [1.29, 1.82) is 0 Å². The summed E-state index contributed by atoms with van der Waals surface area (Å²) in [5.74, 6) is -0.795. The standard InChI is InChI=1S/C10H16O4/c1-4-5-9(14-8(2)11)6-7-10(12)13-3/h6-7,9H,4-5H2,1-3H3. The highest BCUT2D eigenvalue weighted by Crippen LogP contribution is 2.04. The lowest BCUT2D eigenvalue weighted by molar-refractivity contribution is -0.144. The number of carbonyl (C=O) groups is 2. The smallest absolute Gasteiger partial charge is 0.330 e. The molecule has 0 saturated heterocycles. The van der Waals surface area contributed by atoms with Gasteiger partial charge in [-0.25, -0.2) is 4.79 Å². The van der Waals surface area contributed by atoms with E-state index < -0.39 is 5.97 Å². The average Bonchev–Trinajstić information content (AvgIpc) is 2.13. The van der Waals surface area contributed by atoms with Crippen molar-refractivity contribution in [3.05, 3.63) is 12.2 Å². The molecule has 0 amide bonds. The fourth-order valence-electron chi connectivity index (χ4n) is 0.946. The molecule has 80 valence electrons. The van der Waals surface area contributed by atoms with Crippen molar-refractivity contribution >= 4 is 11.9 Å². The van der Waals surface area contributed by atoms with E-state index in [9.17, 15) is 9.59 Å². The van der Waals surface area contributed by atoms with Crippen LogP contribution in [0.5, 0.6) is 0 Å². The number of methoxy groups -OCH3 is 1. The van der Waals surface area contributed by atoms with Crippen LogP contribution in [0.2, 0.25) is 0 Å². The van der Waals surface area contributed by atoms with E-state index in [0.29, 0.717) is 6.42 Å². The Kier molecular flexibility index (Phi) is 6.45. The molecule has 4 heteroatoms. The minimum absolute atomic E-state index is 0.336. The van der Waals surface area contributed by atoms with Crippen molar-refractivity contribution in [3.8, 4) is 0 Å². The fraction of sp³-hybridized carbons (Fsp3) is 0.600. The van der Waals surface area contributed by atoms with Crippen LogP contribution in [-0.4, -0.2) is 25.2 Å². The van der Waals surface area contributed by atoms with Crippen LogP contribution in [0.25, 0.3) is 0 Å². The van der Waals surface area contributed by atoms with Gasteiger partial charge in [-0.2, -0.15) is 0 Å². The fourth-order valence-corrected chi connectivity index (χ4v) is 0.946. The van der Waals surface area contributed by atoms with Crippen LogP contribution in [-0.2, 0) is 19.1 Å². The maximum absolute atomic E-state index is 10.8. The second-order valence-electron chi connectivity index (χ2n) is 2.82. The Morgan fingerprint density at radius 1 is 1.43 bits per heavy atom. The zero-order valence-corrected chi connectivity index (χ0v) is 8.78. The monoisotopic (exact) mass is 200 g/mol. The minimum Gasteiger partial charge on any atom is -0.466 e. The van der Waals surface area contributed by atoms with Crippen molar-refractivity contribution < 1.29 is 19.1 Å². The van der Waals surface area contributed by atoms with E-state index in [4.69, 9.17) is 4.74 Å². The molecular formula is C10H16O4. The quantitative estimate of drug-likeness (QED) is 0.498. The van der Waals surface area contributed by atoms with E-state index in [1.807, 2.05) is 6.92 Å². The van der Waals surface area contributed by atoms with Gasteiger partial charge in [-0.05, 0) is 12.5 Å². The van der Waals surface area contributed by atoms with Crippen LogP contribution < -0.4 is 0 Å². The van der Waals surface area contributed by atoms with Gasteiger partial charge in [0.1, 0.15) is 6.10 Å². The van der Waals surface area contributed by atoms with Gasteiger partial charge in [0.05, 0.1) is 7.11 Å². The number of rotatable bonds is 5. The summed E-state index contributed by atoms with van der Waals surface area (Å²) < 4.78 is 9.37. The molecule has 1 unspecified atom stereocenters. The van der Waals surface area contributed by atoms with Crippen molar-refractivity contribution in [2.45, 2.75) is 32.8 Å². The summed E-state index contributed by atoms with van der Waals surface area (Å²) >= 11 is 0. The van der Waals surface area contributed by atoms with Crippen molar-refractivity contribution in [2.75, 3.05) is 7.11 Å². The maximum Gasteiger partial charge on any atom is 0.330 e. The Balaban J connectivity index is 4.13. The summed E-state index contributed by atoms with van der Waals surface area (Å²) in [4.78, 5) is 21.4. The Morgan fingerprint density at radius 3 is 2.50 bits per heavy atom. The molecule has 0 spiro atoms. The summed E-state index contributed by atoms with van der Waals surface area (Å²) in [6.45, 7) is 3.32. The van der Waals surface area contributed by atoms with Crippen molar-refractivity contribution in [2.24, 2.45) is 0 Å². The Bertz CT molecular complexity index is 220. The predicted molar refractivity (Wildman–Crippen MR) is 51.6 cm³/mol. The minimum atomic E-state index is -0.446. The Morgan fingerprint density at radius 2 is 2.07 bits per heavy atom. The normalized spacial score (nSPS) is 12.5. The molecule has 0 aromatic rings. The lowest BCUT2D eigenvalue weighted by Gasteiger charge is -2.10. The zero-order chi connectivity index (χ0) is 11.0. The maximum atomic E-state index is 10.8. The van der Waals surface area contributed by atoms with Gasteiger partial charge >= 0.3 is 11.9 Å². The molecule has 14 heavy (non-hydrogen) atoms. The van der Waals surface area contributed by atoms with Crippen LogP contribution in [0, 0.1) is 0 Å². The van der Waals surface area contributed by atoms with Crippen LogP contribution in [0.1, 0.15) is 26.7 Å². The SMILES string of the molecule is CCCC(C=CC(=O)OC)OC(C)=O. The van der Waals surface area contributed by atoms with Crippen LogP contribution >= 0.6 is 0 Å². The van der Waals surface area contributed by atoms with Gasteiger partial charge < -0.3 is 9.47 Å². The molecule has 0 bridgehead atoms. The van der Waals surface area contributed by atoms with Gasteiger partial charge in [-0.3, -0.25) is 4.79 Å². The second-order valence-corrected chi connectivity index (χ2v) is 2.82. The highest BCUT2D eigenvalue weighted by atomic mass is 16.5. The van der Waals surface area contributed by atoms with Crippen molar-refractivity contribution in [1.82, 2.24) is 0 Å². The molecule has 0 rings (SSSR count). The van der Waals surface area contributed by atoms with Gasteiger partial charge in [-0.1, -0.05) is 13.3 Å². The summed E-state index contributed by atoms with van der Waals surface area (Å²) in [5, 5.41) is 0. The van der Waals surface area contributed by atoms with E-state index in [1.165, 1.54) is 26.2 Å². The number of carbonyl (C=O) groups excluding carboxylic acids is 2. The number of hydrogen-bond donors (Lipinski definition) is 0. The summed E-state index contributed by atoms with van der Waals surface area (Å²) in [6, 6.07) is 0. The van der Waals surface area contributed by atoms with E-state index in [0.717, 1.165) is 6.42 Å². The predicted octanol–water partition coefficient (Wildman–Crippen LogP) is 1.45. The third kappa shape index (κ3) is 6.22. The molecule has 0 aliphatic carbocycles. The molecule has 0 aliphatic rings. The molecule has 0 heterocycles. The van der Waals surface area contributed by atoms with Crippen LogP contribution in [0.4, 0.5) is 0 Å². The van der Waals surface area contributed by atoms with Gasteiger partial charge in [0.25, 0.3) is 0 Å². The molecule has 1 atom stereocenters. The summed E-state index contributed by atoms with van der Waals surface area (Å²) in [5.41, 5.74) is 0. The van der Waals surface area contributed by atoms with Gasteiger partial charge in [-0.15, -0.1) is 0 Å². The van der Waals surface area contributed by atoms with Gasteiger partial charge in [0.15, 0.2) is 0 Å².